The van der Waals surface area contributed by atoms with Crippen molar-refractivity contribution in [3.63, 3.8) is 0 Å². The van der Waals surface area contributed by atoms with E-state index in [0.717, 1.165) is 29.2 Å². The molecule has 0 aliphatic heterocycles. The Bertz CT molecular complexity index is 516. The van der Waals surface area contributed by atoms with Gasteiger partial charge < -0.3 is 5.73 Å². The molecule has 1 unspecified atom stereocenters. The minimum Gasteiger partial charge on any atom is -0.327 e. The fourth-order valence-electron chi connectivity index (χ4n) is 5.74. The average Bonchev–Trinajstić information content (AvgIpc) is 2.40. The van der Waals surface area contributed by atoms with E-state index in [-0.39, 0.29) is 11.9 Å². The summed E-state index contributed by atoms with van der Waals surface area (Å²) in [6.07, 6.45) is 7.59. The molecule has 21 heavy (non-hydrogen) atoms. The van der Waals surface area contributed by atoms with Gasteiger partial charge in [-0.2, -0.15) is 0 Å². The highest BCUT2D eigenvalue weighted by Crippen LogP contribution is 2.57. The Morgan fingerprint density at radius 1 is 1.10 bits per heavy atom. The lowest BCUT2D eigenvalue weighted by Crippen LogP contribution is -2.52. The quantitative estimate of drug-likeness (QED) is 0.879. The molecular weight excluding hydrogens is 285 g/mol. The Hall–Kier alpha value is -0.600. The summed E-state index contributed by atoms with van der Waals surface area (Å²) < 4.78 is 14.0. The predicted molar refractivity (Wildman–Crippen MR) is 83.6 cm³/mol. The standard InChI is InChI=1S/C18H23ClFN/c19-15-2-1-12(16(20)9-15)8-17(21)18-13-4-10-3-11(6-13)7-14(18)5-10/h1-2,9-11,13-14,17-18H,3-8,21H2. The fraction of sp³-hybridized carbons (Fsp3) is 0.667. The zero-order chi connectivity index (χ0) is 14.6. The van der Waals surface area contributed by atoms with Crippen molar-refractivity contribution in [3.05, 3.63) is 34.6 Å². The third-order valence-electron chi connectivity index (χ3n) is 6.26. The third-order valence-corrected chi connectivity index (χ3v) is 6.50. The summed E-state index contributed by atoms with van der Waals surface area (Å²) in [5.74, 6) is 3.92. The molecule has 1 atom stereocenters. The van der Waals surface area contributed by atoms with E-state index < -0.39 is 0 Å². The van der Waals surface area contributed by atoms with E-state index >= 15 is 0 Å². The SMILES string of the molecule is NC(Cc1ccc(Cl)cc1F)C1C2CC3CC(C2)CC1C3. The van der Waals surface area contributed by atoms with Crippen molar-refractivity contribution in [3.8, 4) is 0 Å². The maximum atomic E-state index is 14.0. The molecule has 4 fully saturated rings. The van der Waals surface area contributed by atoms with Crippen LogP contribution in [-0.4, -0.2) is 6.04 Å². The van der Waals surface area contributed by atoms with Crippen LogP contribution >= 0.6 is 11.6 Å². The first-order valence-corrected chi connectivity index (χ1v) is 8.67. The highest BCUT2D eigenvalue weighted by atomic mass is 35.5. The minimum atomic E-state index is -0.207. The monoisotopic (exact) mass is 307 g/mol. The Morgan fingerprint density at radius 2 is 1.71 bits per heavy atom. The van der Waals surface area contributed by atoms with Crippen molar-refractivity contribution in [2.45, 2.75) is 44.6 Å². The molecule has 4 aliphatic rings. The summed E-state index contributed by atoms with van der Waals surface area (Å²) >= 11 is 5.83. The van der Waals surface area contributed by atoms with Gasteiger partial charge in [0.15, 0.2) is 0 Å². The predicted octanol–water partition coefficient (Wildman–Crippen LogP) is 4.42. The summed E-state index contributed by atoms with van der Waals surface area (Å²) in [5, 5.41) is 0.458. The first kappa shape index (κ1) is 14.0. The maximum absolute atomic E-state index is 14.0. The highest BCUT2D eigenvalue weighted by molar-refractivity contribution is 6.30. The van der Waals surface area contributed by atoms with Crippen molar-refractivity contribution in [1.29, 1.82) is 0 Å². The van der Waals surface area contributed by atoms with E-state index in [9.17, 15) is 4.39 Å². The van der Waals surface area contributed by atoms with Crippen LogP contribution in [-0.2, 0) is 6.42 Å². The number of hydrogen-bond donors (Lipinski definition) is 1. The van der Waals surface area contributed by atoms with E-state index in [1.54, 1.807) is 12.1 Å². The number of rotatable bonds is 3. The van der Waals surface area contributed by atoms with Gasteiger partial charge >= 0.3 is 0 Å². The fourth-order valence-corrected chi connectivity index (χ4v) is 5.90. The molecule has 0 amide bonds. The molecule has 1 aromatic rings. The van der Waals surface area contributed by atoms with E-state index in [0.29, 0.717) is 17.4 Å². The Labute approximate surface area is 131 Å². The Kier molecular flexibility index (Phi) is 3.50. The van der Waals surface area contributed by atoms with Gasteiger partial charge in [0, 0.05) is 11.1 Å². The maximum Gasteiger partial charge on any atom is 0.127 e. The highest BCUT2D eigenvalue weighted by Gasteiger charge is 2.49. The van der Waals surface area contributed by atoms with E-state index in [1.807, 2.05) is 0 Å². The van der Waals surface area contributed by atoms with Crippen LogP contribution in [0.5, 0.6) is 0 Å². The van der Waals surface area contributed by atoms with Crippen molar-refractivity contribution in [2.24, 2.45) is 35.3 Å². The van der Waals surface area contributed by atoms with Gasteiger partial charge in [0.2, 0.25) is 0 Å². The minimum absolute atomic E-state index is 0.0932. The number of nitrogens with two attached hydrogens (primary N) is 1. The summed E-state index contributed by atoms with van der Waals surface area (Å²) in [4.78, 5) is 0. The molecule has 0 radical (unpaired) electrons. The summed E-state index contributed by atoms with van der Waals surface area (Å²) in [7, 11) is 0. The van der Waals surface area contributed by atoms with Crippen molar-refractivity contribution in [1.82, 2.24) is 0 Å². The Balaban J connectivity index is 1.51. The van der Waals surface area contributed by atoms with Gasteiger partial charge in [0.25, 0.3) is 0 Å². The molecule has 0 spiro atoms. The number of halogens is 2. The molecule has 3 heteroatoms. The summed E-state index contributed by atoms with van der Waals surface area (Å²) in [6.45, 7) is 0. The molecule has 2 N–H and O–H groups in total. The van der Waals surface area contributed by atoms with Crippen LogP contribution in [0.4, 0.5) is 4.39 Å². The second kappa shape index (κ2) is 5.24. The van der Waals surface area contributed by atoms with Gasteiger partial charge in [0.05, 0.1) is 0 Å². The zero-order valence-electron chi connectivity index (χ0n) is 12.3. The summed E-state index contributed by atoms with van der Waals surface area (Å²) in [5.41, 5.74) is 7.26. The van der Waals surface area contributed by atoms with Gasteiger partial charge in [-0.25, -0.2) is 4.39 Å². The van der Waals surface area contributed by atoms with Crippen LogP contribution in [0.3, 0.4) is 0 Å². The van der Waals surface area contributed by atoms with Crippen LogP contribution in [0.25, 0.3) is 0 Å². The summed E-state index contributed by atoms with van der Waals surface area (Å²) in [6, 6.07) is 5.06. The number of hydrogen-bond acceptors (Lipinski definition) is 1. The molecule has 0 heterocycles. The van der Waals surface area contributed by atoms with Gasteiger partial charge in [0.1, 0.15) is 5.82 Å². The molecule has 5 rings (SSSR count). The van der Waals surface area contributed by atoms with Crippen molar-refractivity contribution >= 4 is 11.6 Å². The largest absolute Gasteiger partial charge is 0.327 e. The van der Waals surface area contributed by atoms with Crippen molar-refractivity contribution in [2.75, 3.05) is 0 Å². The second-order valence-corrected chi connectivity index (χ2v) is 8.05. The first-order valence-electron chi connectivity index (χ1n) is 8.29. The zero-order valence-corrected chi connectivity index (χ0v) is 13.0. The van der Waals surface area contributed by atoms with Gasteiger partial charge in [-0.3, -0.25) is 0 Å². The van der Waals surface area contributed by atoms with Crippen LogP contribution in [0, 0.1) is 35.4 Å². The van der Waals surface area contributed by atoms with Crippen LogP contribution < -0.4 is 5.73 Å². The normalized spacial score (nSPS) is 38.7. The molecule has 0 aromatic heterocycles. The molecule has 114 valence electrons. The molecule has 4 bridgehead atoms. The van der Waals surface area contributed by atoms with Gasteiger partial charge in [-0.15, -0.1) is 0 Å². The van der Waals surface area contributed by atoms with E-state index in [2.05, 4.69) is 0 Å². The van der Waals surface area contributed by atoms with Crippen molar-refractivity contribution < 1.29 is 4.39 Å². The Morgan fingerprint density at radius 3 is 2.29 bits per heavy atom. The van der Waals surface area contributed by atoms with Gasteiger partial charge in [-0.05, 0) is 85.8 Å². The van der Waals surface area contributed by atoms with Crippen LogP contribution in [0.1, 0.15) is 37.7 Å². The van der Waals surface area contributed by atoms with Crippen LogP contribution in [0.2, 0.25) is 5.02 Å². The molecule has 1 aromatic carbocycles. The van der Waals surface area contributed by atoms with E-state index in [4.69, 9.17) is 17.3 Å². The number of benzene rings is 1. The first-order chi connectivity index (χ1) is 10.1. The smallest absolute Gasteiger partial charge is 0.127 e. The average molecular weight is 308 g/mol. The lowest BCUT2D eigenvalue weighted by Gasteiger charge is -2.56. The lowest BCUT2D eigenvalue weighted by atomic mass is 9.50. The van der Waals surface area contributed by atoms with Gasteiger partial charge in [-0.1, -0.05) is 17.7 Å². The van der Waals surface area contributed by atoms with Crippen LogP contribution in [0.15, 0.2) is 18.2 Å². The molecular formula is C18H23ClFN. The molecule has 0 saturated heterocycles. The molecule has 4 saturated carbocycles. The third kappa shape index (κ3) is 2.51. The lowest BCUT2D eigenvalue weighted by molar-refractivity contribution is -0.0465. The molecule has 4 aliphatic carbocycles. The van der Waals surface area contributed by atoms with E-state index in [1.165, 1.54) is 38.2 Å². The topological polar surface area (TPSA) is 26.0 Å². The molecule has 1 nitrogen and oxygen atoms in total. The second-order valence-electron chi connectivity index (χ2n) is 7.61.